The van der Waals surface area contributed by atoms with Gasteiger partial charge < -0.3 is 5.73 Å². The van der Waals surface area contributed by atoms with E-state index in [0.717, 1.165) is 5.57 Å². The van der Waals surface area contributed by atoms with Gasteiger partial charge in [-0.15, -0.1) is 0 Å². The highest BCUT2D eigenvalue weighted by Crippen LogP contribution is 2.18. The van der Waals surface area contributed by atoms with Crippen molar-refractivity contribution in [3.63, 3.8) is 0 Å². The third kappa shape index (κ3) is 3.26. The second-order valence-corrected chi connectivity index (χ2v) is 4.06. The van der Waals surface area contributed by atoms with Gasteiger partial charge >= 0.3 is 0 Å². The lowest BCUT2D eigenvalue weighted by Crippen LogP contribution is -2.01. The van der Waals surface area contributed by atoms with Crippen molar-refractivity contribution in [2.45, 2.75) is 13.8 Å². The molecule has 1 rings (SSSR count). The molecule has 0 fully saturated rings. The van der Waals surface area contributed by atoms with Crippen LogP contribution in [0.1, 0.15) is 18.1 Å². The summed E-state index contributed by atoms with van der Waals surface area (Å²) in [7, 11) is 0. The van der Waals surface area contributed by atoms with E-state index in [2.05, 4.69) is 25.1 Å². The first-order chi connectivity index (χ1) is 6.59. The van der Waals surface area contributed by atoms with Gasteiger partial charge in [-0.25, -0.2) is 0 Å². The lowest BCUT2D eigenvalue weighted by atomic mass is 10.1. The molecule has 0 aliphatic heterocycles. The molecule has 1 aromatic rings. The van der Waals surface area contributed by atoms with Gasteiger partial charge in [-0.2, -0.15) is 0 Å². The van der Waals surface area contributed by atoms with Crippen molar-refractivity contribution in [1.82, 2.24) is 0 Å². The maximum absolute atomic E-state index is 7.09. The highest BCUT2D eigenvalue weighted by atomic mass is 32.2. The van der Waals surface area contributed by atoms with Gasteiger partial charge in [-0.1, -0.05) is 41.6 Å². The molecule has 14 heavy (non-hydrogen) atoms. The average Bonchev–Trinajstić information content (AvgIpc) is 2.14. The number of hydrogen-bond acceptors (Lipinski definition) is 2. The van der Waals surface area contributed by atoms with Crippen LogP contribution in [0.15, 0.2) is 29.7 Å². The van der Waals surface area contributed by atoms with Crippen LogP contribution in [0.5, 0.6) is 0 Å². The normalized spacial score (nSPS) is 11.4. The Morgan fingerprint density at radius 3 is 2.79 bits per heavy atom. The van der Waals surface area contributed by atoms with Gasteiger partial charge in [0.1, 0.15) is 0 Å². The molecule has 0 amide bonds. The van der Waals surface area contributed by atoms with E-state index in [4.69, 9.17) is 11.1 Å². The van der Waals surface area contributed by atoms with Crippen LogP contribution in [0.4, 0.5) is 0 Å². The number of thioether (sulfide) groups is 1. The Balaban J connectivity index is 2.83. The fourth-order valence-electron chi connectivity index (χ4n) is 1.11. The summed E-state index contributed by atoms with van der Waals surface area (Å²) in [6, 6.07) is 8.27. The number of amidine groups is 1. The molecule has 0 aromatic heterocycles. The molecule has 0 unspecified atom stereocenters. The van der Waals surface area contributed by atoms with E-state index in [9.17, 15) is 0 Å². The van der Waals surface area contributed by atoms with Crippen molar-refractivity contribution in [3.05, 3.63) is 40.8 Å². The molecular formula is C11H14N2S. The van der Waals surface area contributed by atoms with Crippen LogP contribution in [-0.4, -0.2) is 5.17 Å². The van der Waals surface area contributed by atoms with E-state index in [1.807, 2.05) is 18.4 Å². The molecule has 0 spiro atoms. The van der Waals surface area contributed by atoms with E-state index < -0.39 is 0 Å². The van der Waals surface area contributed by atoms with Crippen molar-refractivity contribution in [3.8, 4) is 0 Å². The Hall–Kier alpha value is -1.22. The lowest BCUT2D eigenvalue weighted by Gasteiger charge is -2.02. The van der Waals surface area contributed by atoms with E-state index in [1.54, 1.807) is 0 Å². The minimum atomic E-state index is 0.122. The standard InChI is InChI=1S/C11H14N2S/c1-8-4-3-5-10(6-8)9(2)7-14-11(12)13/h3-7H,1-2H3,(H3,12,13)/b9-7+. The average molecular weight is 206 g/mol. The fourth-order valence-corrected chi connectivity index (χ4v) is 1.55. The molecule has 2 nitrogen and oxygen atoms in total. The van der Waals surface area contributed by atoms with E-state index in [-0.39, 0.29) is 5.17 Å². The van der Waals surface area contributed by atoms with Crippen LogP contribution < -0.4 is 5.73 Å². The lowest BCUT2D eigenvalue weighted by molar-refractivity contribution is 1.44. The molecule has 3 N–H and O–H groups in total. The summed E-state index contributed by atoms with van der Waals surface area (Å²) in [5, 5.41) is 9.11. The number of benzene rings is 1. The minimum Gasteiger partial charge on any atom is -0.378 e. The predicted octanol–water partition coefficient (Wildman–Crippen LogP) is 2.98. The number of nitrogens with one attached hydrogen (secondary N) is 1. The minimum absolute atomic E-state index is 0.122. The molecular weight excluding hydrogens is 192 g/mol. The Labute approximate surface area is 88.7 Å². The number of aryl methyl sites for hydroxylation is 1. The Morgan fingerprint density at radius 1 is 1.50 bits per heavy atom. The molecule has 1 aromatic carbocycles. The van der Waals surface area contributed by atoms with Crippen molar-refractivity contribution >= 4 is 22.5 Å². The molecule has 0 saturated carbocycles. The van der Waals surface area contributed by atoms with Crippen LogP contribution in [0.3, 0.4) is 0 Å². The van der Waals surface area contributed by atoms with Gasteiger partial charge in [0.05, 0.1) is 0 Å². The van der Waals surface area contributed by atoms with Gasteiger partial charge in [-0.05, 0) is 30.4 Å². The molecule has 0 bridgehead atoms. The third-order valence-corrected chi connectivity index (χ3v) is 2.56. The monoisotopic (exact) mass is 206 g/mol. The second kappa shape index (κ2) is 4.86. The fraction of sp³-hybridized carbons (Fsp3) is 0.182. The Kier molecular flexibility index (Phi) is 3.77. The maximum Gasteiger partial charge on any atom is 0.155 e. The summed E-state index contributed by atoms with van der Waals surface area (Å²) in [4.78, 5) is 0. The first-order valence-electron chi connectivity index (χ1n) is 4.34. The zero-order chi connectivity index (χ0) is 10.6. The van der Waals surface area contributed by atoms with E-state index >= 15 is 0 Å². The topological polar surface area (TPSA) is 49.9 Å². The number of rotatable bonds is 2. The SMILES string of the molecule is C/C(=C\SC(=N)N)c1cccc(C)c1. The quantitative estimate of drug-likeness (QED) is 0.577. The summed E-state index contributed by atoms with van der Waals surface area (Å²) in [5.41, 5.74) is 8.80. The van der Waals surface area contributed by atoms with Crippen LogP contribution in [0, 0.1) is 12.3 Å². The molecule has 74 valence electrons. The van der Waals surface area contributed by atoms with Gasteiger partial charge in [-0.3, -0.25) is 5.41 Å². The first-order valence-corrected chi connectivity index (χ1v) is 5.22. The van der Waals surface area contributed by atoms with Gasteiger partial charge in [0.2, 0.25) is 0 Å². The summed E-state index contributed by atoms with van der Waals surface area (Å²) >= 11 is 1.24. The summed E-state index contributed by atoms with van der Waals surface area (Å²) in [6.07, 6.45) is 0. The maximum atomic E-state index is 7.09. The second-order valence-electron chi connectivity index (χ2n) is 3.15. The Morgan fingerprint density at radius 2 is 2.21 bits per heavy atom. The van der Waals surface area contributed by atoms with Crippen molar-refractivity contribution in [2.24, 2.45) is 5.73 Å². The van der Waals surface area contributed by atoms with Crippen LogP contribution in [-0.2, 0) is 0 Å². The smallest absolute Gasteiger partial charge is 0.155 e. The van der Waals surface area contributed by atoms with Crippen LogP contribution in [0.2, 0.25) is 0 Å². The number of hydrogen-bond donors (Lipinski definition) is 2. The predicted molar refractivity (Wildman–Crippen MR) is 64.3 cm³/mol. The zero-order valence-electron chi connectivity index (χ0n) is 8.37. The summed E-state index contributed by atoms with van der Waals surface area (Å²) in [5.74, 6) is 0. The first kappa shape index (κ1) is 10.9. The van der Waals surface area contributed by atoms with E-state index in [1.165, 1.54) is 22.9 Å². The number of allylic oxidation sites excluding steroid dienone is 1. The van der Waals surface area contributed by atoms with Crippen LogP contribution in [0.25, 0.3) is 5.57 Å². The molecule has 0 saturated heterocycles. The highest BCUT2D eigenvalue weighted by Gasteiger charge is 1.95. The summed E-state index contributed by atoms with van der Waals surface area (Å²) < 4.78 is 0. The molecule has 3 heteroatoms. The Bertz CT molecular complexity index is 369. The highest BCUT2D eigenvalue weighted by molar-refractivity contribution is 8.16. The third-order valence-electron chi connectivity index (χ3n) is 1.84. The molecule has 0 aliphatic rings. The molecule has 0 heterocycles. The van der Waals surface area contributed by atoms with Crippen molar-refractivity contribution in [2.75, 3.05) is 0 Å². The van der Waals surface area contributed by atoms with Crippen molar-refractivity contribution < 1.29 is 0 Å². The number of nitrogens with two attached hydrogens (primary N) is 1. The zero-order valence-corrected chi connectivity index (χ0v) is 9.19. The van der Waals surface area contributed by atoms with Gasteiger partial charge in [0.15, 0.2) is 5.17 Å². The van der Waals surface area contributed by atoms with Crippen molar-refractivity contribution in [1.29, 1.82) is 5.41 Å². The van der Waals surface area contributed by atoms with Crippen LogP contribution >= 0.6 is 11.8 Å². The molecule has 0 atom stereocenters. The largest absolute Gasteiger partial charge is 0.378 e. The molecule has 0 aliphatic carbocycles. The van der Waals surface area contributed by atoms with Gasteiger partial charge in [0, 0.05) is 0 Å². The summed E-state index contributed by atoms with van der Waals surface area (Å²) in [6.45, 7) is 4.08. The molecule has 0 radical (unpaired) electrons. The van der Waals surface area contributed by atoms with E-state index in [0.29, 0.717) is 0 Å². The van der Waals surface area contributed by atoms with Gasteiger partial charge in [0.25, 0.3) is 0 Å².